The Morgan fingerprint density at radius 2 is 1.85 bits per heavy atom. The highest BCUT2D eigenvalue weighted by atomic mass is 19.1. The van der Waals surface area contributed by atoms with Crippen LogP contribution in [0.1, 0.15) is 5.56 Å². The van der Waals surface area contributed by atoms with Crippen LogP contribution in [0.4, 0.5) is 4.39 Å². The van der Waals surface area contributed by atoms with Gasteiger partial charge in [0.25, 0.3) is 5.56 Å². The number of hydrogen-bond donors (Lipinski definition) is 1. The predicted octanol–water partition coefficient (Wildman–Crippen LogP) is 2.92. The van der Waals surface area contributed by atoms with Crippen molar-refractivity contribution in [3.8, 4) is 11.5 Å². The molecule has 2 aromatic carbocycles. The molecule has 2 aromatic heterocycles. The van der Waals surface area contributed by atoms with Crippen LogP contribution in [-0.2, 0) is 0 Å². The molecule has 0 saturated heterocycles. The maximum Gasteiger partial charge on any atom is 0.298 e. The van der Waals surface area contributed by atoms with E-state index in [-0.39, 0.29) is 11.4 Å². The SMILES string of the molecule is COc1cc2[nH]c3c(=O)n(/N=C/c4ccc(F)cc4)cnc3c2cc1OC. The van der Waals surface area contributed by atoms with Gasteiger partial charge in [0.15, 0.2) is 11.5 Å². The topological polar surface area (TPSA) is 81.5 Å². The van der Waals surface area contributed by atoms with E-state index in [0.29, 0.717) is 33.6 Å². The van der Waals surface area contributed by atoms with Crippen molar-refractivity contribution in [2.45, 2.75) is 0 Å². The van der Waals surface area contributed by atoms with Crippen molar-refractivity contribution in [2.24, 2.45) is 5.10 Å². The van der Waals surface area contributed by atoms with Crippen molar-refractivity contribution in [1.29, 1.82) is 0 Å². The van der Waals surface area contributed by atoms with Gasteiger partial charge in [0.2, 0.25) is 0 Å². The fraction of sp³-hybridized carbons (Fsp3) is 0.105. The number of ether oxygens (including phenoxy) is 2. The van der Waals surface area contributed by atoms with E-state index in [2.05, 4.69) is 15.1 Å². The molecule has 0 amide bonds. The normalized spacial score (nSPS) is 11.5. The highest BCUT2D eigenvalue weighted by Gasteiger charge is 2.14. The molecule has 4 rings (SSSR count). The van der Waals surface area contributed by atoms with E-state index in [1.807, 2.05) is 0 Å². The minimum absolute atomic E-state index is 0.319. The third-order valence-corrected chi connectivity index (χ3v) is 4.19. The molecule has 1 N–H and O–H groups in total. The van der Waals surface area contributed by atoms with Gasteiger partial charge in [-0.05, 0) is 23.8 Å². The van der Waals surface area contributed by atoms with Crippen molar-refractivity contribution in [3.63, 3.8) is 0 Å². The second-order valence-electron chi connectivity index (χ2n) is 5.79. The summed E-state index contributed by atoms with van der Waals surface area (Å²) in [4.78, 5) is 20.2. The number of hydrogen-bond acceptors (Lipinski definition) is 5. The van der Waals surface area contributed by atoms with Gasteiger partial charge < -0.3 is 14.5 Å². The van der Waals surface area contributed by atoms with Gasteiger partial charge in [0.05, 0.1) is 26.0 Å². The Hall–Kier alpha value is -3.68. The molecule has 7 nitrogen and oxygen atoms in total. The molecule has 136 valence electrons. The minimum atomic E-state index is -0.354. The number of aromatic nitrogens is 3. The monoisotopic (exact) mass is 366 g/mol. The van der Waals surface area contributed by atoms with Crippen LogP contribution in [0, 0.1) is 5.82 Å². The van der Waals surface area contributed by atoms with Crippen LogP contribution in [0.5, 0.6) is 11.5 Å². The van der Waals surface area contributed by atoms with E-state index < -0.39 is 0 Å². The van der Waals surface area contributed by atoms with E-state index in [4.69, 9.17) is 9.47 Å². The summed E-state index contributed by atoms with van der Waals surface area (Å²) in [6, 6.07) is 9.30. The first-order valence-corrected chi connectivity index (χ1v) is 8.05. The molecule has 0 aliphatic rings. The maximum absolute atomic E-state index is 13.0. The zero-order valence-electron chi connectivity index (χ0n) is 14.6. The highest BCUT2D eigenvalue weighted by Crippen LogP contribution is 2.34. The van der Waals surface area contributed by atoms with Gasteiger partial charge in [-0.3, -0.25) is 4.79 Å². The second kappa shape index (κ2) is 6.56. The zero-order chi connectivity index (χ0) is 19.0. The Bertz CT molecular complexity index is 1230. The average molecular weight is 366 g/mol. The first-order valence-electron chi connectivity index (χ1n) is 8.05. The molecule has 0 radical (unpaired) electrons. The van der Waals surface area contributed by atoms with Crippen LogP contribution in [0.2, 0.25) is 0 Å². The first-order chi connectivity index (χ1) is 13.1. The van der Waals surface area contributed by atoms with Crippen molar-refractivity contribution < 1.29 is 13.9 Å². The van der Waals surface area contributed by atoms with Crippen LogP contribution < -0.4 is 15.0 Å². The summed E-state index contributed by atoms with van der Waals surface area (Å²) in [5.74, 6) is 0.758. The Morgan fingerprint density at radius 1 is 1.15 bits per heavy atom. The van der Waals surface area contributed by atoms with Gasteiger partial charge in [-0.2, -0.15) is 9.78 Å². The average Bonchev–Trinajstić information content (AvgIpc) is 3.06. The van der Waals surface area contributed by atoms with Crippen LogP contribution in [0.15, 0.2) is 52.6 Å². The van der Waals surface area contributed by atoms with Gasteiger partial charge in [-0.25, -0.2) is 9.37 Å². The number of nitrogens with one attached hydrogen (secondary N) is 1. The lowest BCUT2D eigenvalue weighted by molar-refractivity contribution is 0.356. The Balaban J connectivity index is 1.83. The molecule has 0 fully saturated rings. The summed E-state index contributed by atoms with van der Waals surface area (Å²) in [5.41, 5.74) is 1.85. The summed E-state index contributed by atoms with van der Waals surface area (Å²) in [7, 11) is 3.09. The lowest BCUT2D eigenvalue weighted by Crippen LogP contribution is -2.17. The third-order valence-electron chi connectivity index (χ3n) is 4.19. The maximum atomic E-state index is 13.0. The molecule has 0 saturated carbocycles. The van der Waals surface area contributed by atoms with E-state index in [9.17, 15) is 9.18 Å². The van der Waals surface area contributed by atoms with Crippen LogP contribution in [-0.4, -0.2) is 35.1 Å². The molecule has 2 heterocycles. The first kappa shape index (κ1) is 16.8. The molecular weight excluding hydrogens is 351 g/mol. The lowest BCUT2D eigenvalue weighted by atomic mass is 10.2. The fourth-order valence-electron chi connectivity index (χ4n) is 2.84. The molecule has 0 aliphatic carbocycles. The molecule has 0 bridgehead atoms. The smallest absolute Gasteiger partial charge is 0.298 e. The van der Waals surface area contributed by atoms with E-state index in [1.165, 1.54) is 24.7 Å². The largest absolute Gasteiger partial charge is 0.493 e. The summed E-state index contributed by atoms with van der Waals surface area (Å²) < 4.78 is 24.7. The standard InChI is InChI=1S/C19H15FN4O3/c1-26-15-7-13-14(8-16(15)27-2)23-18-17(13)21-10-24(19(18)25)22-9-11-3-5-12(20)6-4-11/h3-10,23H,1-2H3/b22-9+. The summed E-state index contributed by atoms with van der Waals surface area (Å²) in [5, 5.41) is 4.86. The molecule has 4 aromatic rings. The van der Waals surface area contributed by atoms with Gasteiger partial charge in [0, 0.05) is 11.5 Å². The lowest BCUT2D eigenvalue weighted by Gasteiger charge is -2.06. The zero-order valence-corrected chi connectivity index (χ0v) is 14.6. The van der Waals surface area contributed by atoms with Gasteiger partial charge in [-0.1, -0.05) is 12.1 Å². The van der Waals surface area contributed by atoms with Gasteiger partial charge in [0.1, 0.15) is 23.2 Å². The number of fused-ring (bicyclic) bond motifs is 3. The summed E-state index contributed by atoms with van der Waals surface area (Å²) in [6.07, 6.45) is 2.80. The quantitative estimate of drug-likeness (QED) is 0.563. The fourth-order valence-corrected chi connectivity index (χ4v) is 2.84. The Morgan fingerprint density at radius 3 is 2.56 bits per heavy atom. The van der Waals surface area contributed by atoms with E-state index in [1.54, 1.807) is 38.5 Å². The predicted molar refractivity (Wildman–Crippen MR) is 100 cm³/mol. The number of aromatic amines is 1. The number of benzene rings is 2. The van der Waals surface area contributed by atoms with Crippen LogP contribution in [0.25, 0.3) is 21.9 Å². The van der Waals surface area contributed by atoms with Crippen molar-refractivity contribution in [1.82, 2.24) is 14.6 Å². The molecule has 0 unspecified atom stereocenters. The number of H-pyrrole nitrogens is 1. The third kappa shape index (κ3) is 2.91. The van der Waals surface area contributed by atoms with E-state index in [0.717, 1.165) is 10.1 Å². The molecule has 0 aliphatic heterocycles. The summed E-state index contributed by atoms with van der Waals surface area (Å²) in [6.45, 7) is 0. The Kier molecular flexibility index (Phi) is 4.08. The number of nitrogens with zero attached hydrogens (tertiary/aromatic N) is 3. The number of rotatable bonds is 4. The van der Waals surface area contributed by atoms with Gasteiger partial charge >= 0.3 is 0 Å². The van der Waals surface area contributed by atoms with Gasteiger partial charge in [-0.15, -0.1) is 0 Å². The Labute approximate surface area is 152 Å². The second-order valence-corrected chi connectivity index (χ2v) is 5.79. The van der Waals surface area contributed by atoms with Crippen molar-refractivity contribution >= 4 is 28.2 Å². The number of methoxy groups -OCH3 is 2. The van der Waals surface area contributed by atoms with Crippen LogP contribution >= 0.6 is 0 Å². The molecule has 8 heteroatoms. The van der Waals surface area contributed by atoms with Crippen molar-refractivity contribution in [3.05, 3.63) is 64.5 Å². The molecule has 27 heavy (non-hydrogen) atoms. The molecule has 0 spiro atoms. The van der Waals surface area contributed by atoms with Crippen molar-refractivity contribution in [2.75, 3.05) is 14.2 Å². The minimum Gasteiger partial charge on any atom is -0.493 e. The summed E-state index contributed by atoms with van der Waals surface area (Å²) >= 11 is 0. The highest BCUT2D eigenvalue weighted by molar-refractivity contribution is 6.05. The number of halogens is 1. The molecular formula is C19H15FN4O3. The van der Waals surface area contributed by atoms with E-state index >= 15 is 0 Å². The van der Waals surface area contributed by atoms with Crippen LogP contribution in [0.3, 0.4) is 0 Å². The molecule has 0 atom stereocenters.